The van der Waals surface area contributed by atoms with Gasteiger partial charge in [0.1, 0.15) is 5.69 Å². The smallest absolute Gasteiger partial charge is 0.356 e. The Bertz CT molecular complexity index is 909. The first kappa shape index (κ1) is 19.4. The lowest BCUT2D eigenvalue weighted by Gasteiger charge is -2.33. The number of rotatable bonds is 6. The molecule has 1 saturated carbocycles. The van der Waals surface area contributed by atoms with Crippen LogP contribution in [0.3, 0.4) is 0 Å². The van der Waals surface area contributed by atoms with Crippen LogP contribution in [0.4, 0.5) is 5.69 Å². The molecule has 1 aliphatic heterocycles. The molecule has 8 heteroatoms. The summed E-state index contributed by atoms with van der Waals surface area (Å²) in [5, 5.41) is 17.4. The zero-order chi connectivity index (χ0) is 20.6. The Kier molecular flexibility index (Phi) is 5.02. The zero-order valence-electron chi connectivity index (χ0n) is 16.8. The van der Waals surface area contributed by atoms with Crippen molar-refractivity contribution in [3.8, 4) is 0 Å². The molecule has 1 aliphatic carbocycles. The standard InChI is InChI=1S/C21H26N4O4/c1-3-29-20(28)21(10-11-21)15-4-6-16(7-5-15)25-12-8-14(9-13-25)17-18(19(26)27)24(2)23-22-17/h4-7,14H,3,8-13H2,1-2H3,(H,26,27). The van der Waals surface area contributed by atoms with E-state index in [0.29, 0.717) is 12.3 Å². The lowest BCUT2D eigenvalue weighted by Crippen LogP contribution is -2.33. The van der Waals surface area contributed by atoms with Crippen molar-refractivity contribution in [3.63, 3.8) is 0 Å². The highest BCUT2D eigenvalue weighted by Gasteiger charge is 2.52. The minimum Gasteiger partial charge on any atom is -0.476 e. The monoisotopic (exact) mass is 398 g/mol. The third-order valence-corrected chi connectivity index (χ3v) is 6.14. The maximum absolute atomic E-state index is 12.3. The molecule has 0 atom stereocenters. The summed E-state index contributed by atoms with van der Waals surface area (Å²) < 4.78 is 6.58. The molecule has 0 amide bonds. The van der Waals surface area contributed by atoms with Gasteiger partial charge in [-0.15, -0.1) is 5.10 Å². The molecule has 8 nitrogen and oxygen atoms in total. The van der Waals surface area contributed by atoms with Crippen molar-refractivity contribution in [2.24, 2.45) is 7.05 Å². The Morgan fingerprint density at radius 2 is 1.86 bits per heavy atom. The Hall–Kier alpha value is -2.90. The SMILES string of the molecule is CCOC(=O)C1(c2ccc(N3CCC(c4nnn(C)c4C(=O)O)CC3)cc2)CC1. The lowest BCUT2D eigenvalue weighted by atomic mass is 9.91. The Balaban J connectivity index is 1.42. The summed E-state index contributed by atoms with van der Waals surface area (Å²) >= 11 is 0. The molecule has 1 saturated heterocycles. The Labute approximate surface area is 169 Å². The van der Waals surface area contributed by atoms with Crippen LogP contribution < -0.4 is 4.90 Å². The fourth-order valence-corrected chi connectivity index (χ4v) is 4.30. The molecule has 2 fully saturated rings. The largest absolute Gasteiger partial charge is 0.476 e. The molecule has 0 bridgehead atoms. The summed E-state index contributed by atoms with van der Waals surface area (Å²) in [6, 6.07) is 8.22. The first-order valence-corrected chi connectivity index (χ1v) is 10.1. The number of carbonyl (C=O) groups is 2. The molecule has 1 aromatic carbocycles. The van der Waals surface area contributed by atoms with Crippen LogP contribution in [0.15, 0.2) is 24.3 Å². The Morgan fingerprint density at radius 3 is 2.41 bits per heavy atom. The zero-order valence-corrected chi connectivity index (χ0v) is 16.8. The predicted molar refractivity (Wildman–Crippen MR) is 106 cm³/mol. The van der Waals surface area contributed by atoms with Crippen LogP contribution in [0.2, 0.25) is 0 Å². The van der Waals surface area contributed by atoms with Gasteiger partial charge in [-0.3, -0.25) is 4.79 Å². The number of carbonyl (C=O) groups excluding carboxylic acids is 1. The van der Waals surface area contributed by atoms with Gasteiger partial charge in [0.15, 0.2) is 5.69 Å². The highest BCUT2D eigenvalue weighted by atomic mass is 16.5. The topological polar surface area (TPSA) is 97.5 Å². The number of nitrogens with zero attached hydrogens (tertiary/aromatic N) is 4. The number of benzene rings is 1. The minimum absolute atomic E-state index is 0.101. The lowest BCUT2D eigenvalue weighted by molar-refractivity contribution is -0.146. The molecular weight excluding hydrogens is 372 g/mol. The van der Waals surface area contributed by atoms with Crippen LogP contribution in [0.1, 0.15) is 60.3 Å². The van der Waals surface area contributed by atoms with Gasteiger partial charge in [0.05, 0.1) is 12.0 Å². The minimum atomic E-state index is -0.985. The van der Waals surface area contributed by atoms with E-state index in [1.807, 2.05) is 19.1 Å². The van der Waals surface area contributed by atoms with Gasteiger partial charge in [-0.2, -0.15) is 0 Å². The summed E-state index contributed by atoms with van der Waals surface area (Å²) in [7, 11) is 1.61. The number of carboxylic acids is 1. The molecule has 0 spiro atoms. The van der Waals surface area contributed by atoms with Gasteiger partial charge in [0.25, 0.3) is 0 Å². The fraction of sp³-hybridized carbons (Fsp3) is 0.524. The molecule has 2 heterocycles. The maximum atomic E-state index is 12.3. The summed E-state index contributed by atoms with van der Waals surface area (Å²) in [5.41, 5.74) is 2.46. The van der Waals surface area contributed by atoms with Gasteiger partial charge in [0.2, 0.25) is 0 Å². The number of aryl methyl sites for hydroxylation is 1. The van der Waals surface area contributed by atoms with E-state index in [1.54, 1.807) is 7.05 Å². The van der Waals surface area contributed by atoms with Crippen LogP contribution in [-0.2, 0) is 22.0 Å². The van der Waals surface area contributed by atoms with Crippen molar-refractivity contribution >= 4 is 17.6 Å². The van der Waals surface area contributed by atoms with Gasteiger partial charge in [-0.05, 0) is 50.3 Å². The summed E-state index contributed by atoms with van der Waals surface area (Å²) in [6.07, 6.45) is 3.35. The second-order valence-electron chi connectivity index (χ2n) is 7.86. The molecule has 0 unspecified atom stereocenters. The van der Waals surface area contributed by atoms with Gasteiger partial charge >= 0.3 is 11.9 Å². The van der Waals surface area contributed by atoms with Crippen molar-refractivity contribution in [2.45, 2.75) is 43.9 Å². The number of carboxylic acid groups (broad SMARTS) is 1. The molecule has 4 rings (SSSR count). The maximum Gasteiger partial charge on any atom is 0.356 e. The molecule has 29 heavy (non-hydrogen) atoms. The van der Waals surface area contributed by atoms with Crippen LogP contribution in [0.25, 0.3) is 0 Å². The molecule has 154 valence electrons. The molecule has 2 aliphatic rings. The number of hydrogen-bond acceptors (Lipinski definition) is 6. The van der Waals surface area contributed by atoms with Crippen molar-refractivity contribution < 1.29 is 19.4 Å². The van der Waals surface area contributed by atoms with E-state index in [9.17, 15) is 14.7 Å². The Morgan fingerprint density at radius 1 is 1.21 bits per heavy atom. The number of hydrogen-bond donors (Lipinski definition) is 1. The van der Waals surface area contributed by atoms with Crippen molar-refractivity contribution in [3.05, 3.63) is 41.2 Å². The fourth-order valence-electron chi connectivity index (χ4n) is 4.30. The second-order valence-corrected chi connectivity index (χ2v) is 7.86. The number of esters is 1. The summed E-state index contributed by atoms with van der Waals surface area (Å²) in [5.74, 6) is -1.00. The first-order chi connectivity index (χ1) is 14.0. The van der Waals surface area contributed by atoms with E-state index in [2.05, 4.69) is 27.3 Å². The number of piperidine rings is 1. The number of aromatic carboxylic acids is 1. The van der Waals surface area contributed by atoms with E-state index in [-0.39, 0.29) is 17.6 Å². The first-order valence-electron chi connectivity index (χ1n) is 10.1. The van der Waals surface area contributed by atoms with E-state index in [4.69, 9.17) is 4.74 Å². The highest BCUT2D eigenvalue weighted by Crippen LogP contribution is 2.49. The third-order valence-electron chi connectivity index (χ3n) is 6.14. The summed E-state index contributed by atoms with van der Waals surface area (Å²) in [6.45, 7) is 3.88. The third kappa shape index (κ3) is 3.47. The average Bonchev–Trinajstić information content (AvgIpc) is 3.45. The van der Waals surface area contributed by atoms with Gasteiger partial charge < -0.3 is 14.7 Å². The van der Waals surface area contributed by atoms with E-state index < -0.39 is 11.4 Å². The van der Waals surface area contributed by atoms with Crippen molar-refractivity contribution in [2.75, 3.05) is 24.6 Å². The summed E-state index contributed by atoms with van der Waals surface area (Å²) in [4.78, 5) is 26.1. The highest BCUT2D eigenvalue weighted by molar-refractivity contribution is 5.87. The van der Waals surface area contributed by atoms with Gasteiger partial charge in [0, 0.05) is 31.7 Å². The van der Waals surface area contributed by atoms with Gasteiger partial charge in [-0.25, -0.2) is 9.48 Å². The van der Waals surface area contributed by atoms with Crippen LogP contribution in [-0.4, -0.2) is 51.7 Å². The number of aromatic nitrogens is 3. The second kappa shape index (κ2) is 7.50. The van der Waals surface area contributed by atoms with Crippen LogP contribution in [0.5, 0.6) is 0 Å². The molecule has 1 N–H and O–H groups in total. The number of ether oxygens (including phenoxy) is 1. The van der Waals surface area contributed by atoms with E-state index >= 15 is 0 Å². The van der Waals surface area contributed by atoms with E-state index in [0.717, 1.165) is 50.0 Å². The quantitative estimate of drug-likeness (QED) is 0.747. The van der Waals surface area contributed by atoms with E-state index in [1.165, 1.54) is 4.68 Å². The predicted octanol–water partition coefficient (Wildman–Crippen LogP) is 2.49. The van der Waals surface area contributed by atoms with Crippen molar-refractivity contribution in [1.82, 2.24) is 15.0 Å². The molecule has 2 aromatic rings. The molecular formula is C21H26N4O4. The van der Waals surface area contributed by atoms with Crippen molar-refractivity contribution in [1.29, 1.82) is 0 Å². The number of anilines is 1. The average molecular weight is 398 g/mol. The molecule has 0 radical (unpaired) electrons. The van der Waals surface area contributed by atoms with Crippen LogP contribution in [0, 0.1) is 0 Å². The van der Waals surface area contributed by atoms with Crippen LogP contribution >= 0.6 is 0 Å². The molecule has 1 aromatic heterocycles. The normalized spacial score (nSPS) is 18.5. The van der Waals surface area contributed by atoms with Gasteiger partial charge in [-0.1, -0.05) is 17.3 Å².